The van der Waals surface area contributed by atoms with Gasteiger partial charge in [-0.3, -0.25) is 0 Å². The molecule has 0 amide bonds. The highest BCUT2D eigenvalue weighted by Gasteiger charge is 2.22. The number of hydrogen-bond acceptors (Lipinski definition) is 2. The molecule has 1 heterocycles. The van der Waals surface area contributed by atoms with Crippen molar-refractivity contribution in [3.05, 3.63) is 46.7 Å². The van der Waals surface area contributed by atoms with E-state index in [9.17, 15) is 0 Å². The van der Waals surface area contributed by atoms with Crippen molar-refractivity contribution in [2.24, 2.45) is 5.92 Å². The summed E-state index contributed by atoms with van der Waals surface area (Å²) in [5.74, 6) is 0.780. The average Bonchev–Trinajstić information content (AvgIpc) is 2.29. The standard InChI is InChI=1S/C13H12ClNO/c1-9-6-12(8-15)16-13(7-9)10-2-4-11(14)5-3-10/h2-6,9,13H,7H2,1H3/t9-,13-/m0/s1. The molecule has 1 aliphatic rings. The molecule has 0 spiro atoms. The van der Waals surface area contributed by atoms with Crippen LogP contribution in [-0.2, 0) is 4.74 Å². The van der Waals surface area contributed by atoms with Gasteiger partial charge >= 0.3 is 0 Å². The van der Waals surface area contributed by atoms with Crippen LogP contribution in [0.5, 0.6) is 0 Å². The van der Waals surface area contributed by atoms with Crippen molar-refractivity contribution in [3.8, 4) is 6.07 Å². The molecular formula is C13H12ClNO. The third-order valence-corrected chi connectivity index (χ3v) is 2.89. The first-order valence-corrected chi connectivity index (χ1v) is 5.61. The Morgan fingerprint density at radius 1 is 1.38 bits per heavy atom. The molecule has 1 aromatic rings. The lowest BCUT2D eigenvalue weighted by atomic mass is 9.95. The van der Waals surface area contributed by atoms with Gasteiger partial charge < -0.3 is 4.74 Å². The van der Waals surface area contributed by atoms with Crippen LogP contribution in [0.3, 0.4) is 0 Å². The molecule has 1 aliphatic heterocycles. The van der Waals surface area contributed by atoms with E-state index in [2.05, 4.69) is 13.0 Å². The van der Waals surface area contributed by atoms with Crippen molar-refractivity contribution in [1.29, 1.82) is 5.26 Å². The van der Waals surface area contributed by atoms with E-state index in [1.54, 1.807) is 0 Å². The summed E-state index contributed by atoms with van der Waals surface area (Å²) in [6.07, 6.45) is 2.73. The number of nitrogens with zero attached hydrogens (tertiary/aromatic N) is 1. The summed E-state index contributed by atoms with van der Waals surface area (Å²) in [7, 11) is 0. The fourth-order valence-electron chi connectivity index (χ4n) is 1.85. The van der Waals surface area contributed by atoms with Crippen molar-refractivity contribution in [1.82, 2.24) is 0 Å². The van der Waals surface area contributed by atoms with E-state index < -0.39 is 0 Å². The van der Waals surface area contributed by atoms with Crippen molar-refractivity contribution in [2.75, 3.05) is 0 Å². The molecule has 3 heteroatoms. The van der Waals surface area contributed by atoms with Crippen LogP contribution in [0, 0.1) is 17.2 Å². The van der Waals surface area contributed by atoms with Crippen LogP contribution in [0.2, 0.25) is 5.02 Å². The summed E-state index contributed by atoms with van der Waals surface area (Å²) in [5, 5.41) is 9.56. The number of nitriles is 1. The molecule has 82 valence electrons. The second-order valence-corrected chi connectivity index (χ2v) is 4.45. The summed E-state index contributed by atoms with van der Waals surface area (Å²) < 4.78 is 5.59. The van der Waals surface area contributed by atoms with Gasteiger partial charge in [-0.1, -0.05) is 30.7 Å². The van der Waals surface area contributed by atoms with Gasteiger partial charge in [-0.15, -0.1) is 0 Å². The van der Waals surface area contributed by atoms with Crippen LogP contribution in [-0.4, -0.2) is 0 Å². The minimum Gasteiger partial charge on any atom is -0.476 e. The smallest absolute Gasteiger partial charge is 0.193 e. The molecule has 1 aromatic carbocycles. The lowest BCUT2D eigenvalue weighted by molar-refractivity contribution is 0.0923. The number of rotatable bonds is 1. The van der Waals surface area contributed by atoms with E-state index in [0.29, 0.717) is 16.7 Å². The van der Waals surface area contributed by atoms with Crippen LogP contribution in [0.1, 0.15) is 25.0 Å². The molecule has 16 heavy (non-hydrogen) atoms. The lowest BCUT2D eigenvalue weighted by Gasteiger charge is -2.25. The van der Waals surface area contributed by atoms with Gasteiger partial charge in [0.1, 0.15) is 12.2 Å². The van der Waals surface area contributed by atoms with Gasteiger partial charge in [0.2, 0.25) is 0 Å². The molecule has 2 nitrogen and oxygen atoms in total. The molecule has 0 unspecified atom stereocenters. The van der Waals surface area contributed by atoms with E-state index >= 15 is 0 Å². The molecule has 2 rings (SSSR count). The average molecular weight is 234 g/mol. The molecule has 0 radical (unpaired) electrons. The van der Waals surface area contributed by atoms with E-state index in [0.717, 1.165) is 12.0 Å². The Labute approximate surface area is 100 Å². The van der Waals surface area contributed by atoms with Crippen LogP contribution < -0.4 is 0 Å². The van der Waals surface area contributed by atoms with Crippen LogP contribution in [0.4, 0.5) is 0 Å². The van der Waals surface area contributed by atoms with Gasteiger partial charge in [0.25, 0.3) is 0 Å². The molecule has 0 bridgehead atoms. The Morgan fingerprint density at radius 2 is 2.06 bits per heavy atom. The maximum absolute atomic E-state index is 8.85. The normalized spacial score (nSPS) is 24.2. The first-order valence-electron chi connectivity index (χ1n) is 5.23. The third kappa shape index (κ3) is 2.37. The van der Waals surface area contributed by atoms with Crippen LogP contribution >= 0.6 is 11.6 Å². The maximum Gasteiger partial charge on any atom is 0.193 e. The minimum atomic E-state index is -0.0353. The molecular weight excluding hydrogens is 222 g/mol. The predicted molar refractivity (Wildman–Crippen MR) is 62.8 cm³/mol. The summed E-state index contributed by atoms with van der Waals surface area (Å²) in [4.78, 5) is 0. The number of allylic oxidation sites excluding steroid dienone is 2. The van der Waals surface area contributed by atoms with Crippen molar-refractivity contribution in [3.63, 3.8) is 0 Å². The number of hydrogen-bond donors (Lipinski definition) is 0. The van der Waals surface area contributed by atoms with E-state index in [1.807, 2.05) is 30.3 Å². The van der Waals surface area contributed by atoms with Gasteiger partial charge in [-0.25, -0.2) is 0 Å². The van der Waals surface area contributed by atoms with Crippen LogP contribution in [0.25, 0.3) is 0 Å². The Hall–Kier alpha value is -1.46. The van der Waals surface area contributed by atoms with Crippen molar-refractivity contribution < 1.29 is 4.74 Å². The SMILES string of the molecule is C[C@H]1C=C(C#N)O[C@H](c2ccc(Cl)cc2)C1. The quantitative estimate of drug-likeness (QED) is 0.738. The zero-order valence-electron chi connectivity index (χ0n) is 8.98. The van der Waals surface area contributed by atoms with Gasteiger partial charge in [0, 0.05) is 5.02 Å². The van der Waals surface area contributed by atoms with Crippen LogP contribution in [0.15, 0.2) is 36.1 Å². The van der Waals surface area contributed by atoms with Gasteiger partial charge in [-0.2, -0.15) is 5.26 Å². The Kier molecular flexibility index (Phi) is 3.17. The Morgan fingerprint density at radius 3 is 2.69 bits per heavy atom. The fraction of sp³-hybridized carbons (Fsp3) is 0.308. The summed E-state index contributed by atoms with van der Waals surface area (Å²) >= 11 is 5.83. The predicted octanol–water partition coefficient (Wildman–Crippen LogP) is 3.84. The summed E-state index contributed by atoms with van der Waals surface area (Å²) in [6.45, 7) is 2.09. The first kappa shape index (κ1) is 11.0. The zero-order valence-corrected chi connectivity index (χ0v) is 9.74. The largest absolute Gasteiger partial charge is 0.476 e. The topological polar surface area (TPSA) is 33.0 Å². The molecule has 0 fully saturated rings. The number of ether oxygens (including phenoxy) is 1. The zero-order chi connectivity index (χ0) is 11.5. The van der Waals surface area contributed by atoms with E-state index in [1.165, 1.54) is 0 Å². The highest BCUT2D eigenvalue weighted by atomic mass is 35.5. The highest BCUT2D eigenvalue weighted by molar-refractivity contribution is 6.30. The number of benzene rings is 1. The Balaban J connectivity index is 2.21. The molecule has 2 atom stereocenters. The highest BCUT2D eigenvalue weighted by Crippen LogP contribution is 2.33. The van der Waals surface area contributed by atoms with Gasteiger partial charge in [0.15, 0.2) is 5.76 Å². The summed E-state index contributed by atoms with van der Waals surface area (Å²) in [6, 6.07) is 9.63. The molecule has 0 saturated heterocycles. The van der Waals surface area contributed by atoms with Crippen molar-refractivity contribution in [2.45, 2.75) is 19.4 Å². The minimum absolute atomic E-state index is 0.0353. The maximum atomic E-state index is 8.85. The second-order valence-electron chi connectivity index (χ2n) is 4.01. The lowest BCUT2D eigenvalue weighted by Crippen LogP contribution is -2.13. The van der Waals surface area contributed by atoms with E-state index in [-0.39, 0.29) is 6.10 Å². The second kappa shape index (κ2) is 4.59. The fourth-order valence-corrected chi connectivity index (χ4v) is 1.98. The number of halogens is 1. The first-order chi connectivity index (χ1) is 7.69. The van der Waals surface area contributed by atoms with Crippen molar-refractivity contribution >= 4 is 11.6 Å². The third-order valence-electron chi connectivity index (χ3n) is 2.64. The molecule has 0 saturated carbocycles. The van der Waals surface area contributed by atoms with Gasteiger partial charge in [0.05, 0.1) is 0 Å². The Bertz CT molecular complexity index is 444. The molecule has 0 aromatic heterocycles. The van der Waals surface area contributed by atoms with Gasteiger partial charge in [-0.05, 0) is 36.1 Å². The molecule has 0 N–H and O–H groups in total. The summed E-state index contributed by atoms with van der Waals surface area (Å²) in [5.41, 5.74) is 1.07. The monoisotopic (exact) mass is 233 g/mol. The molecule has 0 aliphatic carbocycles. The van der Waals surface area contributed by atoms with E-state index in [4.69, 9.17) is 21.6 Å².